The molecule has 2 heteroatoms. The fraction of sp³-hybridized carbons (Fsp3) is 0.200. The van der Waals surface area contributed by atoms with Crippen molar-refractivity contribution in [3.63, 3.8) is 0 Å². The highest BCUT2D eigenvalue weighted by Crippen LogP contribution is 2.37. The molecule has 0 fully saturated rings. The molecule has 0 N–H and O–H groups in total. The van der Waals surface area contributed by atoms with Gasteiger partial charge in [0.25, 0.3) is 0 Å². The van der Waals surface area contributed by atoms with Crippen LogP contribution >= 0.6 is 27.5 Å². The van der Waals surface area contributed by atoms with E-state index in [1.807, 2.05) is 12.1 Å². The van der Waals surface area contributed by atoms with Crippen LogP contribution in [-0.2, 0) is 6.42 Å². The first-order valence-electron chi connectivity index (χ1n) is 3.84. The summed E-state index contributed by atoms with van der Waals surface area (Å²) >= 11 is 9.42. The first-order valence-corrected chi connectivity index (χ1v) is 5.01. The van der Waals surface area contributed by atoms with E-state index >= 15 is 0 Å². The number of benzene rings is 1. The van der Waals surface area contributed by atoms with E-state index in [1.54, 1.807) is 0 Å². The van der Waals surface area contributed by atoms with Gasteiger partial charge in [0, 0.05) is 9.50 Å². The van der Waals surface area contributed by atoms with E-state index in [1.165, 1.54) is 16.7 Å². The summed E-state index contributed by atoms with van der Waals surface area (Å²) in [4.78, 5) is 0. The Morgan fingerprint density at radius 1 is 1.33 bits per heavy atom. The van der Waals surface area contributed by atoms with Crippen LogP contribution in [0.1, 0.15) is 17.5 Å². The number of allylic oxidation sites excluding steroid dienone is 1. The number of hydrogen-bond acceptors (Lipinski definition) is 0. The van der Waals surface area contributed by atoms with Gasteiger partial charge in [-0.15, -0.1) is 0 Å². The van der Waals surface area contributed by atoms with E-state index < -0.39 is 0 Å². The predicted molar refractivity (Wildman–Crippen MR) is 56.5 cm³/mol. The van der Waals surface area contributed by atoms with E-state index in [0.29, 0.717) is 0 Å². The monoisotopic (exact) mass is 242 g/mol. The van der Waals surface area contributed by atoms with Crippen LogP contribution in [-0.4, -0.2) is 0 Å². The lowest BCUT2D eigenvalue weighted by Crippen LogP contribution is -1.82. The van der Waals surface area contributed by atoms with Crippen molar-refractivity contribution in [3.05, 3.63) is 39.3 Å². The summed E-state index contributed by atoms with van der Waals surface area (Å²) in [5.41, 5.74) is 3.78. The van der Waals surface area contributed by atoms with Crippen LogP contribution in [0.5, 0.6) is 0 Å². The summed E-state index contributed by atoms with van der Waals surface area (Å²) in [6.45, 7) is 4.00. The van der Waals surface area contributed by atoms with Crippen molar-refractivity contribution in [1.82, 2.24) is 0 Å². The Bertz CT molecular complexity index is 355. The van der Waals surface area contributed by atoms with Gasteiger partial charge in [-0.1, -0.05) is 34.1 Å². The van der Waals surface area contributed by atoms with E-state index in [0.717, 1.165) is 22.3 Å². The van der Waals surface area contributed by atoms with Gasteiger partial charge >= 0.3 is 0 Å². The van der Waals surface area contributed by atoms with Crippen LogP contribution in [0.15, 0.2) is 23.2 Å². The molecule has 0 unspecified atom stereocenters. The minimum atomic E-state index is 0.781. The predicted octanol–water partition coefficient (Wildman–Crippen LogP) is 4.06. The second kappa shape index (κ2) is 2.90. The Morgan fingerprint density at radius 2 is 2.08 bits per heavy atom. The summed E-state index contributed by atoms with van der Waals surface area (Å²) in [5, 5.41) is 0.781. The normalized spacial score (nSPS) is 15.0. The van der Waals surface area contributed by atoms with Gasteiger partial charge in [-0.3, -0.25) is 0 Å². The molecule has 0 aliphatic heterocycles. The van der Waals surface area contributed by atoms with Crippen LogP contribution < -0.4 is 0 Å². The molecule has 0 nitrogen and oxygen atoms in total. The number of hydrogen-bond donors (Lipinski definition) is 0. The lowest BCUT2D eigenvalue weighted by atomic mass is 10.1. The third-order valence-electron chi connectivity index (χ3n) is 2.22. The molecule has 0 atom stereocenters. The average molecular weight is 244 g/mol. The molecule has 0 heterocycles. The van der Waals surface area contributed by atoms with Crippen molar-refractivity contribution in [1.29, 1.82) is 0 Å². The maximum atomic E-state index is 5.92. The summed E-state index contributed by atoms with van der Waals surface area (Å²) in [6.07, 6.45) is 2.15. The van der Waals surface area contributed by atoms with Gasteiger partial charge in [-0.05, 0) is 41.7 Å². The maximum Gasteiger partial charge on any atom is 0.0423 e. The van der Waals surface area contributed by atoms with Gasteiger partial charge in [-0.2, -0.15) is 0 Å². The SMILES string of the molecule is C=C1CCc2c(Br)cc(Cl)cc21. The van der Waals surface area contributed by atoms with Crippen LogP contribution in [0.2, 0.25) is 5.02 Å². The van der Waals surface area contributed by atoms with Gasteiger partial charge in [0.1, 0.15) is 0 Å². The van der Waals surface area contributed by atoms with Crippen LogP contribution in [0.4, 0.5) is 0 Å². The molecule has 0 bridgehead atoms. The van der Waals surface area contributed by atoms with Crippen molar-refractivity contribution in [2.75, 3.05) is 0 Å². The zero-order valence-corrected chi connectivity index (χ0v) is 8.87. The van der Waals surface area contributed by atoms with Gasteiger partial charge < -0.3 is 0 Å². The highest BCUT2D eigenvalue weighted by Gasteiger charge is 2.17. The zero-order chi connectivity index (χ0) is 8.72. The Hall–Kier alpha value is -0.270. The van der Waals surface area contributed by atoms with E-state index in [2.05, 4.69) is 22.5 Å². The summed E-state index contributed by atoms with van der Waals surface area (Å²) in [7, 11) is 0. The summed E-state index contributed by atoms with van der Waals surface area (Å²) < 4.78 is 1.11. The summed E-state index contributed by atoms with van der Waals surface area (Å²) in [6, 6.07) is 3.94. The van der Waals surface area contributed by atoms with E-state index in [4.69, 9.17) is 11.6 Å². The lowest BCUT2D eigenvalue weighted by molar-refractivity contribution is 1.07. The standard InChI is InChI=1S/C10H8BrCl/c1-6-2-3-8-9(6)4-7(12)5-10(8)11/h4-5H,1-3H2. The van der Waals surface area contributed by atoms with Crippen LogP contribution in [0.25, 0.3) is 5.57 Å². The van der Waals surface area contributed by atoms with Gasteiger partial charge in [0.05, 0.1) is 0 Å². The number of halogens is 2. The molecule has 1 aromatic carbocycles. The van der Waals surface area contributed by atoms with Crippen LogP contribution in [0, 0.1) is 0 Å². The average Bonchev–Trinajstić information content (AvgIpc) is 2.33. The third-order valence-corrected chi connectivity index (χ3v) is 3.14. The van der Waals surface area contributed by atoms with Crippen molar-refractivity contribution in [2.45, 2.75) is 12.8 Å². The van der Waals surface area contributed by atoms with E-state index in [-0.39, 0.29) is 0 Å². The molecule has 0 amide bonds. The molecule has 0 saturated carbocycles. The Labute approximate surface area is 85.4 Å². The number of fused-ring (bicyclic) bond motifs is 1. The molecule has 0 radical (unpaired) electrons. The lowest BCUT2D eigenvalue weighted by Gasteiger charge is -2.02. The molecule has 12 heavy (non-hydrogen) atoms. The first-order chi connectivity index (χ1) is 5.68. The van der Waals surface area contributed by atoms with Gasteiger partial charge in [0.2, 0.25) is 0 Å². The molecule has 0 aromatic heterocycles. The second-order valence-electron chi connectivity index (χ2n) is 3.02. The number of rotatable bonds is 0. The minimum Gasteiger partial charge on any atom is -0.0952 e. The van der Waals surface area contributed by atoms with Gasteiger partial charge in [-0.25, -0.2) is 0 Å². The fourth-order valence-electron chi connectivity index (χ4n) is 1.58. The molecule has 0 saturated heterocycles. The topological polar surface area (TPSA) is 0 Å². The largest absolute Gasteiger partial charge is 0.0952 e. The maximum absolute atomic E-state index is 5.92. The van der Waals surface area contributed by atoms with Crippen LogP contribution in [0.3, 0.4) is 0 Å². The fourth-order valence-corrected chi connectivity index (χ4v) is 2.59. The highest BCUT2D eigenvalue weighted by atomic mass is 79.9. The minimum absolute atomic E-state index is 0.781. The molecular formula is C10H8BrCl. The third kappa shape index (κ3) is 1.21. The molecule has 0 spiro atoms. The first kappa shape index (κ1) is 8.33. The Morgan fingerprint density at radius 3 is 2.83 bits per heavy atom. The van der Waals surface area contributed by atoms with Crippen molar-refractivity contribution in [2.24, 2.45) is 0 Å². The molecule has 1 aromatic rings. The Kier molecular flexibility index (Phi) is 2.01. The van der Waals surface area contributed by atoms with Crippen molar-refractivity contribution < 1.29 is 0 Å². The van der Waals surface area contributed by atoms with E-state index in [9.17, 15) is 0 Å². The second-order valence-corrected chi connectivity index (χ2v) is 4.31. The zero-order valence-electron chi connectivity index (χ0n) is 6.53. The summed E-state index contributed by atoms with van der Waals surface area (Å²) in [5.74, 6) is 0. The highest BCUT2D eigenvalue weighted by molar-refractivity contribution is 9.10. The molecule has 62 valence electrons. The van der Waals surface area contributed by atoms with Crippen molar-refractivity contribution >= 4 is 33.1 Å². The molecule has 1 aliphatic carbocycles. The smallest absolute Gasteiger partial charge is 0.0423 e. The molecular weight excluding hydrogens is 235 g/mol. The quantitative estimate of drug-likeness (QED) is 0.644. The van der Waals surface area contributed by atoms with Crippen molar-refractivity contribution in [3.8, 4) is 0 Å². The van der Waals surface area contributed by atoms with Gasteiger partial charge in [0.15, 0.2) is 0 Å². The molecule has 1 aliphatic rings. The Balaban J connectivity index is 2.68. The molecule has 2 rings (SSSR count).